The van der Waals surface area contributed by atoms with E-state index >= 15 is 0 Å². The second-order valence-electron chi connectivity index (χ2n) is 7.22. The van der Waals surface area contributed by atoms with E-state index in [1.165, 1.54) is 4.90 Å². The molecule has 26 heavy (non-hydrogen) atoms. The molecule has 0 saturated carbocycles. The Morgan fingerprint density at radius 1 is 1.27 bits per heavy atom. The molecule has 2 rings (SSSR count). The molecule has 0 aliphatic rings. The number of aliphatic hydroxyl groups excluding tert-OH is 1. The van der Waals surface area contributed by atoms with Crippen molar-refractivity contribution < 1.29 is 14.6 Å². The third-order valence-electron chi connectivity index (χ3n) is 3.76. The Labute approximate surface area is 154 Å². The summed E-state index contributed by atoms with van der Waals surface area (Å²) in [6, 6.07) is 11.1. The lowest BCUT2D eigenvalue weighted by Gasteiger charge is -2.29. The van der Waals surface area contributed by atoms with Crippen molar-refractivity contribution in [3.63, 3.8) is 0 Å². The Morgan fingerprint density at radius 3 is 2.54 bits per heavy atom. The van der Waals surface area contributed by atoms with Gasteiger partial charge < -0.3 is 20.5 Å². The van der Waals surface area contributed by atoms with Gasteiger partial charge in [-0.25, -0.2) is 4.79 Å². The Kier molecular flexibility index (Phi) is 6.58. The number of nitrogens with two attached hydrogens (primary N) is 1. The predicted octanol–water partition coefficient (Wildman–Crippen LogP) is 3.18. The van der Waals surface area contributed by atoms with Crippen LogP contribution in [0.15, 0.2) is 48.8 Å². The molecule has 0 aliphatic heterocycles. The van der Waals surface area contributed by atoms with Crippen molar-refractivity contribution in [1.82, 2.24) is 9.88 Å². The summed E-state index contributed by atoms with van der Waals surface area (Å²) in [6.07, 6.45) is 2.60. The number of aromatic nitrogens is 1. The van der Waals surface area contributed by atoms with Crippen LogP contribution in [-0.4, -0.2) is 39.8 Å². The highest BCUT2D eigenvalue weighted by Crippen LogP contribution is 2.17. The molecule has 6 nitrogen and oxygen atoms in total. The van der Waals surface area contributed by atoms with E-state index in [9.17, 15) is 9.90 Å². The molecule has 6 heteroatoms. The average Bonchev–Trinajstić information content (AvgIpc) is 2.59. The van der Waals surface area contributed by atoms with Crippen molar-refractivity contribution in [1.29, 1.82) is 0 Å². The van der Waals surface area contributed by atoms with E-state index in [1.54, 1.807) is 24.5 Å². The van der Waals surface area contributed by atoms with E-state index in [4.69, 9.17) is 10.5 Å². The molecule has 3 N–H and O–H groups in total. The Bertz CT molecular complexity index is 696. The van der Waals surface area contributed by atoms with Crippen LogP contribution >= 0.6 is 0 Å². The summed E-state index contributed by atoms with van der Waals surface area (Å²) in [4.78, 5) is 18.1. The lowest BCUT2D eigenvalue weighted by Crippen LogP contribution is -2.40. The van der Waals surface area contributed by atoms with E-state index in [0.717, 1.165) is 5.56 Å². The smallest absolute Gasteiger partial charge is 0.410 e. The third kappa shape index (κ3) is 6.37. The number of nitrogens with zero attached hydrogens (tertiary/aromatic N) is 2. The summed E-state index contributed by atoms with van der Waals surface area (Å²) in [6.45, 7) is 6.02. The van der Waals surface area contributed by atoms with Crippen molar-refractivity contribution in [3.8, 4) is 0 Å². The third-order valence-corrected chi connectivity index (χ3v) is 3.76. The molecule has 1 unspecified atom stereocenters. The first-order chi connectivity index (χ1) is 12.2. The molecule has 0 bridgehead atoms. The minimum absolute atomic E-state index is 0.135. The molecular formula is C20H27N3O3. The lowest BCUT2D eigenvalue weighted by atomic mass is 10.1. The van der Waals surface area contributed by atoms with E-state index in [1.807, 2.05) is 45.0 Å². The van der Waals surface area contributed by atoms with Gasteiger partial charge in [-0.2, -0.15) is 0 Å². The second-order valence-corrected chi connectivity index (χ2v) is 7.22. The fourth-order valence-corrected chi connectivity index (χ4v) is 2.42. The normalized spacial score (nSPS) is 12.5. The topological polar surface area (TPSA) is 88.7 Å². The maximum absolute atomic E-state index is 12.6. The number of anilines is 1. The van der Waals surface area contributed by atoms with Crippen molar-refractivity contribution in [2.75, 3.05) is 18.8 Å². The number of pyridine rings is 1. The number of carbonyl (C=O) groups is 1. The highest BCUT2D eigenvalue weighted by atomic mass is 16.6. The van der Waals surface area contributed by atoms with Gasteiger partial charge in [0, 0.05) is 30.2 Å². The molecule has 1 heterocycles. The first-order valence-corrected chi connectivity index (χ1v) is 8.65. The number of benzene rings is 1. The van der Waals surface area contributed by atoms with Crippen LogP contribution in [-0.2, 0) is 11.2 Å². The number of carbonyl (C=O) groups excluding carboxylic acids is 1. The molecule has 0 radical (unpaired) electrons. The Morgan fingerprint density at radius 2 is 1.96 bits per heavy atom. The van der Waals surface area contributed by atoms with Gasteiger partial charge >= 0.3 is 6.09 Å². The molecule has 0 spiro atoms. The van der Waals surface area contributed by atoms with E-state index in [2.05, 4.69) is 4.98 Å². The van der Waals surface area contributed by atoms with Gasteiger partial charge in [0.1, 0.15) is 5.60 Å². The highest BCUT2D eigenvalue weighted by molar-refractivity contribution is 5.68. The van der Waals surface area contributed by atoms with Crippen molar-refractivity contribution in [2.45, 2.75) is 38.9 Å². The number of hydrogen-bond acceptors (Lipinski definition) is 5. The number of ether oxygens (including phenoxy) is 1. The van der Waals surface area contributed by atoms with Gasteiger partial charge in [0.25, 0.3) is 0 Å². The SMILES string of the molecule is CC(C)(C)OC(=O)N(CCc1ccc(N)cc1)CC(O)c1cccnc1. The van der Waals surface area contributed by atoms with Crippen LogP contribution in [0.5, 0.6) is 0 Å². The molecule has 0 saturated heterocycles. The first kappa shape index (κ1) is 19.7. The standard InChI is InChI=1S/C20H27N3O3/c1-20(2,3)26-19(25)23(12-10-15-6-8-17(21)9-7-15)14-18(24)16-5-4-11-22-13-16/h4-9,11,13,18,24H,10,12,14,21H2,1-3H3. The van der Waals surface area contributed by atoms with Crippen molar-refractivity contribution >= 4 is 11.8 Å². The minimum Gasteiger partial charge on any atom is -0.444 e. The number of aliphatic hydroxyl groups is 1. The summed E-state index contributed by atoms with van der Waals surface area (Å²) in [5, 5.41) is 10.5. The van der Waals surface area contributed by atoms with Gasteiger partial charge in [-0.15, -0.1) is 0 Å². The van der Waals surface area contributed by atoms with Gasteiger partial charge in [-0.3, -0.25) is 4.98 Å². The highest BCUT2D eigenvalue weighted by Gasteiger charge is 2.24. The van der Waals surface area contributed by atoms with Crippen LogP contribution in [0.3, 0.4) is 0 Å². The number of nitrogen functional groups attached to an aromatic ring is 1. The lowest BCUT2D eigenvalue weighted by molar-refractivity contribution is 0.0146. The van der Waals surface area contributed by atoms with Crippen molar-refractivity contribution in [2.24, 2.45) is 0 Å². The molecule has 0 aliphatic carbocycles. The number of hydrogen-bond donors (Lipinski definition) is 2. The maximum atomic E-state index is 12.6. The zero-order valence-corrected chi connectivity index (χ0v) is 15.6. The van der Waals surface area contributed by atoms with Gasteiger partial charge in [0.2, 0.25) is 0 Å². The number of amides is 1. The molecule has 2 aromatic rings. The van der Waals surface area contributed by atoms with Gasteiger partial charge in [0.15, 0.2) is 0 Å². The zero-order valence-electron chi connectivity index (χ0n) is 15.6. The molecule has 1 amide bonds. The van der Waals surface area contributed by atoms with Crippen LogP contribution in [0.1, 0.15) is 38.0 Å². The summed E-state index contributed by atoms with van der Waals surface area (Å²) in [7, 11) is 0. The van der Waals surface area contributed by atoms with Crippen LogP contribution < -0.4 is 5.73 Å². The van der Waals surface area contributed by atoms with E-state index < -0.39 is 17.8 Å². The maximum Gasteiger partial charge on any atom is 0.410 e. The van der Waals surface area contributed by atoms with Crippen LogP contribution in [0.2, 0.25) is 0 Å². The largest absolute Gasteiger partial charge is 0.444 e. The second kappa shape index (κ2) is 8.67. The Balaban J connectivity index is 2.07. The molecule has 1 aromatic heterocycles. The van der Waals surface area contributed by atoms with E-state index in [0.29, 0.717) is 24.2 Å². The Hall–Kier alpha value is -2.60. The average molecular weight is 357 g/mol. The van der Waals surface area contributed by atoms with Crippen molar-refractivity contribution in [3.05, 3.63) is 59.9 Å². The summed E-state index contributed by atoms with van der Waals surface area (Å²) >= 11 is 0. The van der Waals surface area contributed by atoms with Crippen LogP contribution in [0.4, 0.5) is 10.5 Å². The summed E-state index contributed by atoms with van der Waals surface area (Å²) < 4.78 is 5.48. The molecule has 140 valence electrons. The summed E-state index contributed by atoms with van der Waals surface area (Å²) in [5.74, 6) is 0. The molecule has 1 aromatic carbocycles. The van der Waals surface area contributed by atoms with Crippen LogP contribution in [0, 0.1) is 0 Å². The first-order valence-electron chi connectivity index (χ1n) is 8.65. The van der Waals surface area contributed by atoms with Crippen LogP contribution in [0.25, 0.3) is 0 Å². The fourth-order valence-electron chi connectivity index (χ4n) is 2.42. The zero-order chi connectivity index (χ0) is 19.2. The molecule has 0 fully saturated rings. The monoisotopic (exact) mass is 357 g/mol. The quantitative estimate of drug-likeness (QED) is 0.775. The minimum atomic E-state index is -0.831. The van der Waals surface area contributed by atoms with Gasteiger partial charge in [-0.1, -0.05) is 18.2 Å². The molecular weight excluding hydrogens is 330 g/mol. The summed E-state index contributed by atoms with van der Waals surface area (Å²) in [5.41, 5.74) is 7.52. The van der Waals surface area contributed by atoms with E-state index in [-0.39, 0.29) is 6.54 Å². The predicted molar refractivity (Wildman–Crippen MR) is 102 cm³/mol. The number of rotatable bonds is 6. The van der Waals surface area contributed by atoms with Gasteiger partial charge in [0.05, 0.1) is 12.6 Å². The van der Waals surface area contributed by atoms with Gasteiger partial charge in [-0.05, 0) is 51.0 Å². The fraction of sp³-hybridized carbons (Fsp3) is 0.400. The molecule has 1 atom stereocenters.